The Morgan fingerprint density at radius 1 is 1.35 bits per heavy atom. The lowest BCUT2D eigenvalue weighted by molar-refractivity contribution is 0.0746. The van der Waals surface area contributed by atoms with Gasteiger partial charge in [-0.2, -0.15) is 0 Å². The van der Waals surface area contributed by atoms with Crippen LogP contribution in [-0.2, 0) is 25.9 Å². The van der Waals surface area contributed by atoms with Crippen LogP contribution >= 0.6 is 11.3 Å². The minimum Gasteiger partial charge on any atom is -0.336 e. The number of carbonyl (C=O) groups excluding carboxylic acids is 1. The highest BCUT2D eigenvalue weighted by Gasteiger charge is 2.30. The summed E-state index contributed by atoms with van der Waals surface area (Å²) in [5.41, 5.74) is 4.67. The third-order valence-corrected chi connectivity index (χ3v) is 6.76. The topological polar surface area (TPSA) is 36.4 Å². The fourth-order valence-electron chi connectivity index (χ4n) is 4.07. The van der Waals surface area contributed by atoms with Gasteiger partial charge < -0.3 is 4.90 Å². The predicted octanol–water partition coefficient (Wildman–Crippen LogP) is 3.89. The van der Waals surface area contributed by atoms with Crippen LogP contribution in [0.1, 0.15) is 58.7 Å². The number of aromatic nitrogens is 1. The van der Waals surface area contributed by atoms with Crippen LogP contribution in [0.2, 0.25) is 0 Å². The third kappa shape index (κ3) is 3.42. The summed E-state index contributed by atoms with van der Waals surface area (Å²) < 4.78 is 0. The highest BCUT2D eigenvalue weighted by molar-refractivity contribution is 7.10. The molecule has 2 aromatic heterocycles. The summed E-state index contributed by atoms with van der Waals surface area (Å²) in [7, 11) is 0. The van der Waals surface area contributed by atoms with Crippen LogP contribution in [0.25, 0.3) is 0 Å². The number of pyridine rings is 1. The highest BCUT2D eigenvalue weighted by atomic mass is 32.1. The van der Waals surface area contributed by atoms with E-state index >= 15 is 0 Å². The van der Waals surface area contributed by atoms with Crippen LogP contribution in [0.15, 0.2) is 23.7 Å². The maximum atomic E-state index is 12.9. The molecule has 1 atom stereocenters. The summed E-state index contributed by atoms with van der Waals surface area (Å²) in [6.07, 6.45) is 6.26. The Morgan fingerprint density at radius 3 is 2.92 bits per heavy atom. The van der Waals surface area contributed by atoms with Gasteiger partial charge in [-0.1, -0.05) is 13.0 Å². The van der Waals surface area contributed by atoms with E-state index in [-0.39, 0.29) is 5.91 Å². The highest BCUT2D eigenvalue weighted by Crippen LogP contribution is 2.31. The van der Waals surface area contributed by atoms with Crippen molar-refractivity contribution in [1.82, 2.24) is 14.8 Å². The second kappa shape index (κ2) is 7.49. The van der Waals surface area contributed by atoms with Crippen molar-refractivity contribution < 1.29 is 4.79 Å². The normalized spacial score (nSPS) is 20.4. The van der Waals surface area contributed by atoms with Crippen molar-refractivity contribution in [3.63, 3.8) is 0 Å². The van der Waals surface area contributed by atoms with Gasteiger partial charge in [-0.15, -0.1) is 11.3 Å². The molecule has 4 heterocycles. The molecule has 0 radical (unpaired) electrons. The van der Waals surface area contributed by atoms with Crippen molar-refractivity contribution >= 4 is 17.2 Å². The Morgan fingerprint density at radius 2 is 2.23 bits per heavy atom. The van der Waals surface area contributed by atoms with E-state index in [9.17, 15) is 4.79 Å². The first kappa shape index (κ1) is 17.7. The van der Waals surface area contributed by atoms with E-state index < -0.39 is 0 Å². The number of likely N-dealkylation sites (tertiary alicyclic amines) is 1. The Labute approximate surface area is 159 Å². The number of aryl methyl sites for hydroxylation is 1. The van der Waals surface area contributed by atoms with Crippen molar-refractivity contribution in [2.45, 2.75) is 58.7 Å². The van der Waals surface area contributed by atoms with Gasteiger partial charge in [0.1, 0.15) is 0 Å². The van der Waals surface area contributed by atoms with Gasteiger partial charge >= 0.3 is 0 Å². The molecular formula is C21H27N3OS. The number of rotatable bonds is 4. The van der Waals surface area contributed by atoms with E-state index in [1.54, 1.807) is 11.3 Å². The van der Waals surface area contributed by atoms with Crippen molar-refractivity contribution in [3.8, 4) is 0 Å². The molecule has 1 saturated heterocycles. The summed E-state index contributed by atoms with van der Waals surface area (Å²) in [4.78, 5) is 23.4. The van der Waals surface area contributed by atoms with E-state index in [1.807, 2.05) is 6.20 Å². The Hall–Kier alpha value is -1.72. The van der Waals surface area contributed by atoms with Crippen molar-refractivity contribution in [3.05, 3.63) is 51.0 Å². The molecule has 0 bridgehead atoms. The first-order valence-corrected chi connectivity index (χ1v) is 10.6. The molecule has 0 N–H and O–H groups in total. The minimum absolute atomic E-state index is 0.248. The number of thiophene rings is 1. The Kier molecular flexibility index (Phi) is 5.09. The lowest BCUT2D eigenvalue weighted by Crippen LogP contribution is -2.35. The average molecular weight is 370 g/mol. The lowest BCUT2D eigenvalue weighted by atomic mass is 10.0. The third-order valence-electron chi connectivity index (χ3n) is 5.75. The fourth-order valence-corrected chi connectivity index (χ4v) is 5.19. The number of hydrogen-bond donors (Lipinski definition) is 0. The van der Waals surface area contributed by atoms with Crippen molar-refractivity contribution in [2.24, 2.45) is 0 Å². The Balaban J connectivity index is 1.44. The van der Waals surface area contributed by atoms with Gasteiger partial charge in [-0.3, -0.25) is 14.7 Å². The molecule has 2 aliphatic heterocycles. The standard InChI is InChI=1S/C21H27N3OS/c1-3-16-6-7-17(22-11-16)12-23-10-8-18-19(14-26-20(18)13-23)21(25)24-9-4-5-15(24)2/h6-7,11,14-15H,3-5,8-10,12-13H2,1-2H3/t15-/m0/s1. The number of amides is 1. The molecule has 5 heteroatoms. The van der Waals surface area contributed by atoms with E-state index in [2.05, 4.69) is 46.1 Å². The van der Waals surface area contributed by atoms with Gasteiger partial charge in [0.15, 0.2) is 0 Å². The zero-order chi connectivity index (χ0) is 18.1. The molecule has 0 aliphatic carbocycles. The molecule has 1 fully saturated rings. The van der Waals surface area contributed by atoms with Gasteiger partial charge in [-0.05, 0) is 49.8 Å². The van der Waals surface area contributed by atoms with Crippen LogP contribution in [0.3, 0.4) is 0 Å². The minimum atomic E-state index is 0.248. The molecule has 2 aromatic rings. The lowest BCUT2D eigenvalue weighted by Gasteiger charge is -2.28. The number of nitrogens with zero attached hydrogens (tertiary/aromatic N) is 3. The average Bonchev–Trinajstić information content (AvgIpc) is 3.27. The van der Waals surface area contributed by atoms with Crippen LogP contribution < -0.4 is 0 Å². The van der Waals surface area contributed by atoms with Gasteiger partial charge in [0, 0.05) is 48.7 Å². The number of fused-ring (bicyclic) bond motifs is 1. The van der Waals surface area contributed by atoms with Crippen LogP contribution in [0.5, 0.6) is 0 Å². The fraction of sp³-hybridized carbons (Fsp3) is 0.524. The van der Waals surface area contributed by atoms with E-state index in [4.69, 9.17) is 0 Å². The molecular weight excluding hydrogens is 342 g/mol. The van der Waals surface area contributed by atoms with Gasteiger partial charge in [0.2, 0.25) is 0 Å². The molecule has 0 saturated carbocycles. The largest absolute Gasteiger partial charge is 0.336 e. The molecule has 1 amide bonds. The van der Waals surface area contributed by atoms with Gasteiger partial charge in [0.05, 0.1) is 11.3 Å². The van der Waals surface area contributed by atoms with E-state index in [0.717, 1.165) is 63.1 Å². The Bertz CT molecular complexity index is 783. The molecule has 2 aliphatic rings. The molecule has 0 aromatic carbocycles. The SMILES string of the molecule is CCc1ccc(CN2CCc3c(C(=O)N4CCC[C@@H]4C)csc3C2)nc1. The summed E-state index contributed by atoms with van der Waals surface area (Å²) in [5, 5.41) is 2.09. The maximum absolute atomic E-state index is 12.9. The quantitative estimate of drug-likeness (QED) is 0.820. The molecule has 4 nitrogen and oxygen atoms in total. The van der Waals surface area contributed by atoms with E-state index in [0.29, 0.717) is 6.04 Å². The second-order valence-electron chi connectivity index (χ2n) is 7.51. The van der Waals surface area contributed by atoms with Gasteiger partial charge in [-0.25, -0.2) is 0 Å². The van der Waals surface area contributed by atoms with Crippen LogP contribution in [-0.4, -0.2) is 39.8 Å². The van der Waals surface area contributed by atoms with E-state index in [1.165, 1.54) is 16.0 Å². The molecule has 26 heavy (non-hydrogen) atoms. The molecule has 138 valence electrons. The first-order valence-electron chi connectivity index (χ1n) is 9.72. The monoisotopic (exact) mass is 369 g/mol. The number of carbonyl (C=O) groups is 1. The molecule has 0 unspecified atom stereocenters. The molecule has 0 spiro atoms. The first-order chi connectivity index (χ1) is 12.7. The van der Waals surface area contributed by atoms with Gasteiger partial charge in [0.25, 0.3) is 5.91 Å². The summed E-state index contributed by atoms with van der Waals surface area (Å²) in [6.45, 7) is 8.05. The smallest absolute Gasteiger partial charge is 0.255 e. The van der Waals surface area contributed by atoms with Crippen LogP contribution in [0.4, 0.5) is 0 Å². The summed E-state index contributed by atoms with van der Waals surface area (Å²) >= 11 is 1.75. The zero-order valence-corrected chi connectivity index (χ0v) is 16.5. The summed E-state index contributed by atoms with van der Waals surface area (Å²) in [6, 6.07) is 4.71. The molecule has 4 rings (SSSR count). The summed E-state index contributed by atoms with van der Waals surface area (Å²) in [5.74, 6) is 0.248. The van der Waals surface area contributed by atoms with Crippen LogP contribution in [0, 0.1) is 0 Å². The van der Waals surface area contributed by atoms with Crippen molar-refractivity contribution in [1.29, 1.82) is 0 Å². The number of hydrogen-bond acceptors (Lipinski definition) is 4. The van der Waals surface area contributed by atoms with Crippen molar-refractivity contribution in [2.75, 3.05) is 13.1 Å². The zero-order valence-electron chi connectivity index (χ0n) is 15.7. The second-order valence-corrected chi connectivity index (χ2v) is 8.48. The predicted molar refractivity (Wildman–Crippen MR) is 105 cm³/mol. The maximum Gasteiger partial charge on any atom is 0.255 e.